The number of nitrogens with zero attached hydrogens (tertiary/aromatic N) is 3. The van der Waals surface area contributed by atoms with E-state index in [2.05, 4.69) is 153 Å². The first kappa shape index (κ1) is 38.3. The Morgan fingerprint density at radius 1 is 0.559 bits per heavy atom. The number of aromatic nitrogens is 3. The van der Waals surface area contributed by atoms with Crippen molar-refractivity contribution in [3.05, 3.63) is 167 Å². The summed E-state index contributed by atoms with van der Waals surface area (Å²) < 4.78 is 88.7. The van der Waals surface area contributed by atoms with Gasteiger partial charge >= 0.3 is 0 Å². The second-order valence-electron chi connectivity index (χ2n) is 23.1. The molecule has 2 aromatic heterocycles. The molecule has 1 N–H and O–H groups in total. The van der Waals surface area contributed by atoms with Crippen LogP contribution in [0.1, 0.15) is 151 Å². The zero-order chi connectivity index (χ0) is 57.2. The normalized spacial score (nSPS) is 14.9. The summed E-state index contributed by atoms with van der Waals surface area (Å²) in [6, 6.07) is 28.5. The molecule has 0 bridgehead atoms. The third-order valence-corrected chi connectivity index (χ3v) is 12.6. The van der Waals surface area contributed by atoms with E-state index >= 15 is 0 Å². The Kier molecular flexibility index (Phi) is 10.2. The minimum Gasteiger partial charge on any atom is -0.507 e. The van der Waals surface area contributed by atoms with E-state index in [4.69, 9.17) is 17.3 Å². The molecule has 8 rings (SSSR count). The van der Waals surface area contributed by atoms with Crippen LogP contribution in [0.5, 0.6) is 5.75 Å². The van der Waals surface area contributed by atoms with Gasteiger partial charge in [-0.15, -0.1) is 29.3 Å². The summed E-state index contributed by atoms with van der Waals surface area (Å²) in [5.41, 5.74) is 7.79. The maximum atomic E-state index is 12.7. The Balaban J connectivity index is 0.00000882. The minimum absolute atomic E-state index is 0. The third kappa shape index (κ3) is 10.1. The summed E-state index contributed by atoms with van der Waals surface area (Å²) in [4.78, 5) is 10.1. The molecule has 4 nitrogen and oxygen atoms in total. The Morgan fingerprint density at radius 2 is 1.16 bits per heavy atom. The van der Waals surface area contributed by atoms with Crippen LogP contribution in [0.25, 0.3) is 72.7 Å². The molecule has 0 saturated heterocycles. The fourth-order valence-electron chi connectivity index (χ4n) is 8.41. The Morgan fingerprint density at radius 3 is 1.76 bits per heavy atom. The number of rotatable bonds is 6. The number of pyridine rings is 1. The molecule has 5 heteroatoms. The maximum Gasteiger partial charge on any atom is 0.148 e. The Bertz CT molecular complexity index is 3650. The topological polar surface area (TPSA) is 50.9 Å². The summed E-state index contributed by atoms with van der Waals surface area (Å²) in [6.07, 6.45) is -0.586. The van der Waals surface area contributed by atoms with Crippen LogP contribution in [-0.2, 0) is 48.1 Å². The van der Waals surface area contributed by atoms with E-state index in [1.807, 2.05) is 51.1 Å². The molecular formula is C63H70N3OPt-. The van der Waals surface area contributed by atoms with Gasteiger partial charge in [-0.05, 0) is 91.5 Å². The molecule has 354 valence electrons. The zero-order valence-electron chi connectivity index (χ0n) is 52.2. The van der Waals surface area contributed by atoms with E-state index in [0.29, 0.717) is 28.0 Å². The maximum absolute atomic E-state index is 12.7. The number of imidazole rings is 1. The first-order valence-corrected chi connectivity index (χ1v) is 23.2. The number of benzene rings is 6. The number of aromatic hydroxyl groups is 1. The predicted octanol–water partition coefficient (Wildman–Crippen LogP) is 17.1. The monoisotopic (exact) mass is 1090 g/mol. The molecule has 0 atom stereocenters. The summed E-state index contributed by atoms with van der Waals surface area (Å²) in [7, 11) is 0. The molecule has 0 fully saturated rings. The Labute approximate surface area is 435 Å². The van der Waals surface area contributed by atoms with Crippen LogP contribution >= 0.6 is 0 Å². The number of phenols is 1. The molecule has 68 heavy (non-hydrogen) atoms. The van der Waals surface area contributed by atoms with Crippen molar-refractivity contribution < 1.29 is 39.9 Å². The molecule has 0 radical (unpaired) electrons. The van der Waals surface area contributed by atoms with Gasteiger partial charge in [-0.2, -0.15) is 0 Å². The van der Waals surface area contributed by atoms with Gasteiger partial charge in [0.05, 0.1) is 31.9 Å². The van der Waals surface area contributed by atoms with Gasteiger partial charge in [-0.25, -0.2) is 4.98 Å². The second kappa shape index (κ2) is 18.1. The van der Waals surface area contributed by atoms with Crippen molar-refractivity contribution in [2.24, 2.45) is 0 Å². The molecule has 0 unspecified atom stereocenters. The van der Waals surface area contributed by atoms with E-state index in [-0.39, 0.29) is 59.9 Å². The second-order valence-corrected chi connectivity index (χ2v) is 23.1. The quantitative estimate of drug-likeness (QED) is 0.169. The molecule has 0 saturated carbocycles. The molecule has 0 aliphatic heterocycles. The molecule has 0 amide bonds. The van der Waals surface area contributed by atoms with Crippen LogP contribution < -0.4 is 0 Å². The van der Waals surface area contributed by atoms with Gasteiger partial charge in [-0.1, -0.05) is 205 Å². The van der Waals surface area contributed by atoms with Gasteiger partial charge < -0.3 is 5.11 Å². The van der Waals surface area contributed by atoms with E-state index < -0.39 is 71.2 Å². The molecule has 8 aromatic rings. The summed E-state index contributed by atoms with van der Waals surface area (Å²) in [5.74, 6) is 0.639. The predicted molar refractivity (Wildman–Crippen MR) is 285 cm³/mol. The van der Waals surface area contributed by atoms with Crippen LogP contribution in [0.3, 0.4) is 0 Å². The number of para-hydroxylation sites is 1. The average molecular weight is 1090 g/mol. The largest absolute Gasteiger partial charge is 0.507 e. The van der Waals surface area contributed by atoms with E-state index in [1.165, 1.54) is 5.56 Å². The molecule has 2 heterocycles. The van der Waals surface area contributed by atoms with Gasteiger partial charge in [0.25, 0.3) is 0 Å². The van der Waals surface area contributed by atoms with Crippen LogP contribution in [-0.4, -0.2) is 19.6 Å². The van der Waals surface area contributed by atoms with Crippen molar-refractivity contribution in [2.75, 3.05) is 0 Å². The smallest absolute Gasteiger partial charge is 0.148 e. The number of hydrogen-bond donors (Lipinski definition) is 1. The van der Waals surface area contributed by atoms with Gasteiger partial charge in [0.1, 0.15) is 11.6 Å². The summed E-state index contributed by atoms with van der Waals surface area (Å²) >= 11 is 0. The third-order valence-electron chi connectivity index (χ3n) is 12.6. The van der Waals surface area contributed by atoms with Crippen LogP contribution in [0.15, 0.2) is 127 Å². The fraction of sp³-hybridized carbons (Fsp3) is 0.333. The standard InChI is InChI=1S/C63H70N3O.Pt/c1-39-20-22-40(23-21-39)42-30-31-64-53(35-42)44-32-43(33-47(34-44)61(8,9)10)50-18-17-19-54-56(50)65-58(51-36-48(62(11,12)13)37-52(57(51)67)63(14,15)16)66(54)55-38-46(60(5,6)7)28-29-49(55)41-24-26-45(27-25-41)59(2,3)4;/h17-31,33-38,67H,1-16H3;/q-1;/i1D3,20D,21D,22D,23D,30D,31D,35D;. The van der Waals surface area contributed by atoms with Crippen LogP contribution in [0.4, 0.5) is 0 Å². The molecule has 0 aliphatic carbocycles. The first-order valence-electron chi connectivity index (χ1n) is 28.2. The van der Waals surface area contributed by atoms with E-state index in [1.54, 1.807) is 0 Å². The Hall–Kier alpha value is -5.57. The number of fused-ring (bicyclic) bond motifs is 1. The first-order chi connectivity index (χ1) is 35.3. The number of phenolic OH excluding ortho intramolecular Hbond substituents is 1. The minimum atomic E-state index is -2.97. The SMILES string of the molecule is [2H]c1nc(-c2[c-]c(-c3cccc4c3nc(-c3cc(C(C)(C)C)cc(C(C)(C)C)c3O)n4-c3cc(C(C)(C)C)ccc3-c3ccc(C(C)(C)C)cc3)cc(C(C)(C)C)c2)c([2H])c(-c2c([2H])c([2H])c(C([2H])([2H])[2H])c([2H])c2[2H])c1[2H].[Pt]. The van der Waals surface area contributed by atoms with Gasteiger partial charge in [0.15, 0.2) is 0 Å². The molecule has 0 aliphatic rings. The molecular weight excluding hydrogens is 1010 g/mol. The van der Waals surface area contributed by atoms with Gasteiger partial charge in [-0.3, -0.25) is 9.55 Å². The van der Waals surface area contributed by atoms with Crippen molar-refractivity contribution in [3.63, 3.8) is 0 Å². The van der Waals surface area contributed by atoms with Crippen molar-refractivity contribution in [1.82, 2.24) is 14.5 Å². The van der Waals surface area contributed by atoms with Crippen molar-refractivity contribution in [1.29, 1.82) is 0 Å². The van der Waals surface area contributed by atoms with E-state index in [9.17, 15) is 6.48 Å². The van der Waals surface area contributed by atoms with Crippen molar-refractivity contribution in [2.45, 2.75) is 138 Å². The summed E-state index contributed by atoms with van der Waals surface area (Å²) in [6.45, 7) is 29.1. The fourth-order valence-corrected chi connectivity index (χ4v) is 8.41. The molecule has 6 aromatic carbocycles. The van der Waals surface area contributed by atoms with Crippen LogP contribution in [0, 0.1) is 12.9 Å². The summed E-state index contributed by atoms with van der Waals surface area (Å²) in [5, 5.41) is 12.7. The van der Waals surface area contributed by atoms with Crippen molar-refractivity contribution in [3.8, 4) is 67.5 Å². The molecule has 0 spiro atoms. The average Bonchev–Trinajstić information content (AvgIpc) is 3.72. The van der Waals surface area contributed by atoms with Gasteiger partial charge in [0, 0.05) is 48.2 Å². The number of hydrogen-bond acceptors (Lipinski definition) is 3. The zero-order valence-corrected chi connectivity index (χ0v) is 44.5. The van der Waals surface area contributed by atoms with Crippen molar-refractivity contribution >= 4 is 11.0 Å². The van der Waals surface area contributed by atoms with E-state index in [0.717, 1.165) is 44.6 Å². The van der Waals surface area contributed by atoms with Crippen LogP contribution in [0.2, 0.25) is 0 Å². The van der Waals surface area contributed by atoms with Gasteiger partial charge in [0.2, 0.25) is 0 Å².